The standard InChI is InChI=1S/C15H19N5O3/c1-3-11-14(9(2)23-17-11)15(21)19-5-4-13-12(7-19)20-10(8-22-13)6-16-18-20/h6,12-13H,3-5,7-8H2,1-2H3/t12-,13+/m0/s1. The lowest BCUT2D eigenvalue weighted by molar-refractivity contribution is -0.0605. The quantitative estimate of drug-likeness (QED) is 0.825. The van der Waals surface area contributed by atoms with Crippen molar-refractivity contribution in [2.24, 2.45) is 0 Å². The van der Waals surface area contributed by atoms with Gasteiger partial charge in [0.15, 0.2) is 0 Å². The van der Waals surface area contributed by atoms with Crippen molar-refractivity contribution >= 4 is 5.91 Å². The maximum absolute atomic E-state index is 12.9. The molecule has 1 amide bonds. The van der Waals surface area contributed by atoms with Crippen LogP contribution in [0.2, 0.25) is 0 Å². The molecule has 2 aliphatic rings. The van der Waals surface area contributed by atoms with E-state index in [-0.39, 0.29) is 18.1 Å². The number of carbonyl (C=O) groups is 1. The van der Waals surface area contributed by atoms with Crippen LogP contribution in [-0.4, -0.2) is 50.2 Å². The lowest BCUT2D eigenvalue weighted by atomic mass is 9.99. The average Bonchev–Trinajstić information content (AvgIpc) is 3.19. The number of hydrogen-bond donors (Lipinski definition) is 0. The molecule has 1 saturated heterocycles. The van der Waals surface area contributed by atoms with E-state index in [0.717, 1.165) is 17.8 Å². The summed E-state index contributed by atoms with van der Waals surface area (Å²) in [5.41, 5.74) is 2.27. The van der Waals surface area contributed by atoms with Crippen LogP contribution in [0.4, 0.5) is 0 Å². The van der Waals surface area contributed by atoms with Crippen LogP contribution in [0.5, 0.6) is 0 Å². The maximum Gasteiger partial charge on any atom is 0.259 e. The zero-order valence-corrected chi connectivity index (χ0v) is 13.2. The second kappa shape index (κ2) is 5.45. The number of aryl methyl sites for hydroxylation is 2. The van der Waals surface area contributed by atoms with Crippen LogP contribution in [0.15, 0.2) is 10.7 Å². The van der Waals surface area contributed by atoms with Gasteiger partial charge < -0.3 is 14.2 Å². The van der Waals surface area contributed by atoms with E-state index in [0.29, 0.717) is 37.4 Å². The summed E-state index contributed by atoms with van der Waals surface area (Å²) in [6.45, 7) is 5.51. The number of likely N-dealkylation sites (tertiary alicyclic amines) is 1. The van der Waals surface area contributed by atoms with Gasteiger partial charge in [0.2, 0.25) is 0 Å². The fourth-order valence-electron chi connectivity index (χ4n) is 3.46. The summed E-state index contributed by atoms with van der Waals surface area (Å²) in [5.74, 6) is 0.557. The molecule has 2 aromatic rings. The molecule has 4 heterocycles. The van der Waals surface area contributed by atoms with E-state index in [1.807, 2.05) is 16.5 Å². The maximum atomic E-state index is 12.9. The van der Waals surface area contributed by atoms with Gasteiger partial charge in [0.1, 0.15) is 11.3 Å². The van der Waals surface area contributed by atoms with Crippen LogP contribution in [0, 0.1) is 6.92 Å². The third-order valence-corrected chi connectivity index (χ3v) is 4.70. The molecule has 2 aliphatic heterocycles. The lowest BCUT2D eigenvalue weighted by Crippen LogP contribution is -2.50. The van der Waals surface area contributed by atoms with Crippen LogP contribution in [0.1, 0.15) is 46.9 Å². The van der Waals surface area contributed by atoms with E-state index >= 15 is 0 Å². The van der Waals surface area contributed by atoms with Gasteiger partial charge in [-0.25, -0.2) is 4.68 Å². The predicted molar refractivity (Wildman–Crippen MR) is 78.8 cm³/mol. The van der Waals surface area contributed by atoms with E-state index < -0.39 is 0 Å². The summed E-state index contributed by atoms with van der Waals surface area (Å²) < 4.78 is 13.0. The van der Waals surface area contributed by atoms with Crippen LogP contribution in [-0.2, 0) is 17.8 Å². The van der Waals surface area contributed by atoms with E-state index in [9.17, 15) is 4.79 Å². The number of aromatic nitrogens is 4. The first-order valence-electron chi connectivity index (χ1n) is 7.94. The molecule has 2 atom stereocenters. The van der Waals surface area contributed by atoms with Crippen molar-refractivity contribution in [3.63, 3.8) is 0 Å². The Hall–Kier alpha value is -2.22. The van der Waals surface area contributed by atoms with Crippen LogP contribution in [0.25, 0.3) is 0 Å². The zero-order valence-electron chi connectivity index (χ0n) is 13.2. The Labute approximate surface area is 133 Å². The molecule has 23 heavy (non-hydrogen) atoms. The number of rotatable bonds is 2. The first-order chi connectivity index (χ1) is 11.2. The Morgan fingerprint density at radius 2 is 2.35 bits per heavy atom. The zero-order chi connectivity index (χ0) is 16.0. The number of amides is 1. The molecule has 4 rings (SSSR count). The first kappa shape index (κ1) is 14.4. The minimum atomic E-state index is -0.0220. The molecule has 8 heteroatoms. The van der Waals surface area contributed by atoms with E-state index in [2.05, 4.69) is 15.5 Å². The number of carbonyl (C=O) groups excluding carboxylic acids is 1. The molecule has 0 N–H and O–H groups in total. The normalized spacial score (nSPS) is 23.5. The Morgan fingerprint density at radius 1 is 1.48 bits per heavy atom. The highest BCUT2D eigenvalue weighted by Gasteiger charge is 2.39. The van der Waals surface area contributed by atoms with Crippen LogP contribution in [0.3, 0.4) is 0 Å². The molecule has 0 saturated carbocycles. The van der Waals surface area contributed by atoms with Crippen molar-refractivity contribution in [3.05, 3.63) is 28.9 Å². The van der Waals surface area contributed by atoms with Gasteiger partial charge in [-0.1, -0.05) is 17.3 Å². The molecule has 8 nitrogen and oxygen atoms in total. The summed E-state index contributed by atoms with van der Waals surface area (Å²) in [5, 5.41) is 12.1. The third-order valence-electron chi connectivity index (χ3n) is 4.70. The van der Waals surface area contributed by atoms with Crippen molar-refractivity contribution in [1.29, 1.82) is 0 Å². The van der Waals surface area contributed by atoms with E-state index in [1.54, 1.807) is 13.1 Å². The van der Waals surface area contributed by atoms with Gasteiger partial charge in [-0.3, -0.25) is 4.79 Å². The highest BCUT2D eigenvalue weighted by Crippen LogP contribution is 2.31. The molecule has 122 valence electrons. The topological polar surface area (TPSA) is 86.3 Å². The monoisotopic (exact) mass is 317 g/mol. The Bertz CT molecular complexity index is 737. The summed E-state index contributed by atoms with van der Waals surface area (Å²) in [6, 6.07) is 0.0178. The fourth-order valence-corrected chi connectivity index (χ4v) is 3.46. The largest absolute Gasteiger partial charge is 0.370 e. The number of nitrogens with zero attached hydrogens (tertiary/aromatic N) is 5. The minimum Gasteiger partial charge on any atom is -0.370 e. The molecule has 0 spiro atoms. The van der Waals surface area contributed by atoms with Gasteiger partial charge in [0.05, 0.1) is 36.3 Å². The molecular formula is C15H19N5O3. The van der Waals surface area contributed by atoms with Gasteiger partial charge >= 0.3 is 0 Å². The predicted octanol–water partition coefficient (Wildman–Crippen LogP) is 1.12. The first-order valence-corrected chi connectivity index (χ1v) is 7.94. The third kappa shape index (κ3) is 2.24. The number of fused-ring (bicyclic) bond motifs is 3. The number of piperidine rings is 1. The van der Waals surface area contributed by atoms with Crippen molar-refractivity contribution in [3.8, 4) is 0 Å². The minimum absolute atomic E-state index is 0.0178. The molecule has 0 bridgehead atoms. The van der Waals surface area contributed by atoms with Crippen molar-refractivity contribution < 1.29 is 14.1 Å². The van der Waals surface area contributed by atoms with E-state index in [4.69, 9.17) is 9.26 Å². The molecular weight excluding hydrogens is 298 g/mol. The molecule has 0 aromatic carbocycles. The second-order valence-corrected chi connectivity index (χ2v) is 6.04. The van der Waals surface area contributed by atoms with Crippen LogP contribution >= 0.6 is 0 Å². The smallest absolute Gasteiger partial charge is 0.259 e. The van der Waals surface area contributed by atoms with Gasteiger partial charge in [-0.05, 0) is 19.8 Å². The number of hydrogen-bond acceptors (Lipinski definition) is 6. The van der Waals surface area contributed by atoms with Gasteiger partial charge in [-0.2, -0.15) is 0 Å². The van der Waals surface area contributed by atoms with Crippen molar-refractivity contribution in [2.75, 3.05) is 13.1 Å². The molecule has 0 unspecified atom stereocenters. The molecule has 0 aliphatic carbocycles. The fraction of sp³-hybridized carbons (Fsp3) is 0.600. The number of ether oxygens (including phenoxy) is 1. The Morgan fingerprint density at radius 3 is 3.17 bits per heavy atom. The Balaban J connectivity index is 1.60. The highest BCUT2D eigenvalue weighted by molar-refractivity contribution is 5.96. The summed E-state index contributed by atoms with van der Waals surface area (Å²) in [6.07, 6.45) is 3.27. The van der Waals surface area contributed by atoms with Gasteiger partial charge in [-0.15, -0.1) is 5.10 Å². The summed E-state index contributed by atoms with van der Waals surface area (Å²) >= 11 is 0. The van der Waals surface area contributed by atoms with E-state index in [1.165, 1.54) is 0 Å². The summed E-state index contributed by atoms with van der Waals surface area (Å²) in [4.78, 5) is 14.8. The molecule has 2 aromatic heterocycles. The summed E-state index contributed by atoms with van der Waals surface area (Å²) in [7, 11) is 0. The molecule has 1 fully saturated rings. The molecule has 0 radical (unpaired) electrons. The van der Waals surface area contributed by atoms with Crippen molar-refractivity contribution in [2.45, 2.75) is 45.4 Å². The van der Waals surface area contributed by atoms with Gasteiger partial charge in [0, 0.05) is 13.1 Å². The van der Waals surface area contributed by atoms with Crippen LogP contribution < -0.4 is 0 Å². The highest BCUT2D eigenvalue weighted by atomic mass is 16.5. The second-order valence-electron chi connectivity index (χ2n) is 6.04. The lowest BCUT2D eigenvalue weighted by Gasteiger charge is -2.40. The van der Waals surface area contributed by atoms with Crippen molar-refractivity contribution in [1.82, 2.24) is 25.1 Å². The SMILES string of the molecule is CCc1noc(C)c1C(=O)N1CC[C@H]2OCc3cnnn3[C@H]2C1. The van der Waals surface area contributed by atoms with Gasteiger partial charge in [0.25, 0.3) is 5.91 Å². The average molecular weight is 317 g/mol. The Kier molecular flexibility index (Phi) is 3.41.